The van der Waals surface area contributed by atoms with Gasteiger partial charge in [-0.05, 0) is 30.5 Å². The molecule has 0 fully saturated rings. The zero-order valence-corrected chi connectivity index (χ0v) is 19.5. The summed E-state index contributed by atoms with van der Waals surface area (Å²) >= 11 is 5.42. The van der Waals surface area contributed by atoms with Crippen molar-refractivity contribution in [3.05, 3.63) is 51.4 Å². The first-order valence-corrected chi connectivity index (χ1v) is 12.8. The first kappa shape index (κ1) is 20.3. The summed E-state index contributed by atoms with van der Waals surface area (Å²) in [5.74, 6) is -0.0531. The summed E-state index contributed by atoms with van der Waals surface area (Å²) in [5, 5.41) is 8.05. The molecule has 4 aromatic heterocycles. The molecule has 31 heavy (non-hydrogen) atoms. The van der Waals surface area contributed by atoms with Crippen LogP contribution in [-0.4, -0.2) is 30.0 Å². The zero-order chi connectivity index (χ0) is 21.4. The molecule has 0 unspecified atom stereocenters. The number of benzene rings is 1. The van der Waals surface area contributed by atoms with E-state index in [0.29, 0.717) is 33.1 Å². The van der Waals surface area contributed by atoms with E-state index in [-0.39, 0.29) is 17.2 Å². The van der Waals surface area contributed by atoms with Gasteiger partial charge in [0.15, 0.2) is 5.16 Å². The van der Waals surface area contributed by atoms with Crippen LogP contribution >= 0.6 is 46.2 Å². The van der Waals surface area contributed by atoms with Gasteiger partial charge in [0.25, 0.3) is 5.56 Å². The van der Waals surface area contributed by atoms with Crippen LogP contribution in [-0.2, 0) is 11.3 Å². The Morgan fingerprint density at radius 3 is 2.90 bits per heavy atom. The predicted molar refractivity (Wildman–Crippen MR) is 130 cm³/mol. The molecule has 0 saturated heterocycles. The second kappa shape index (κ2) is 8.50. The predicted octanol–water partition coefficient (Wildman–Crippen LogP) is 4.94. The Hall–Kier alpha value is -2.60. The molecular formula is C20H15N5O2S4. The van der Waals surface area contributed by atoms with Crippen molar-refractivity contribution in [2.45, 2.75) is 18.6 Å². The van der Waals surface area contributed by atoms with E-state index in [9.17, 15) is 9.59 Å². The first-order chi connectivity index (χ1) is 15.2. The van der Waals surface area contributed by atoms with Crippen LogP contribution in [0.1, 0.15) is 6.92 Å². The number of hydrogen-bond acceptors (Lipinski definition) is 9. The highest BCUT2D eigenvalue weighted by molar-refractivity contribution is 7.99. The number of hydrogen-bond donors (Lipinski definition) is 1. The quantitative estimate of drug-likeness (QED) is 0.271. The summed E-state index contributed by atoms with van der Waals surface area (Å²) in [7, 11) is 0. The molecule has 1 N–H and O–H groups in total. The molecule has 1 amide bonds. The molecule has 0 aliphatic heterocycles. The average molecular weight is 486 g/mol. The maximum absolute atomic E-state index is 13.2. The molecule has 7 nitrogen and oxygen atoms in total. The minimum absolute atomic E-state index is 0.0710. The second-order valence-electron chi connectivity index (χ2n) is 6.53. The summed E-state index contributed by atoms with van der Waals surface area (Å²) in [6, 6.07) is 9.47. The van der Waals surface area contributed by atoms with Crippen LogP contribution in [0.4, 0.5) is 5.69 Å². The largest absolute Gasteiger partial charge is 0.323 e. The third-order valence-corrected chi connectivity index (χ3v) is 7.95. The van der Waals surface area contributed by atoms with Crippen molar-refractivity contribution >= 4 is 79.0 Å². The van der Waals surface area contributed by atoms with Crippen molar-refractivity contribution in [3.8, 4) is 10.4 Å². The standard InChI is InChI=1S/C20H15N5O2S4/c1-2-25-19(27)16-11(14-7-4-8-28-14)9-29-18(16)22-20(25)30-10-15(26)21-12-5-3-6-13-17(12)24-31-23-13/h3-9H,2,10H2,1H3,(H,21,26). The number of aromatic nitrogens is 4. The Bertz CT molecular complexity index is 1450. The molecule has 0 radical (unpaired) electrons. The number of carbonyl (C=O) groups excluding carboxylic acids is 1. The van der Waals surface area contributed by atoms with Crippen LogP contribution in [0.5, 0.6) is 0 Å². The Labute approximate surface area is 193 Å². The van der Waals surface area contributed by atoms with Crippen molar-refractivity contribution < 1.29 is 4.79 Å². The number of nitrogens with zero attached hydrogens (tertiary/aromatic N) is 4. The van der Waals surface area contributed by atoms with E-state index in [4.69, 9.17) is 4.98 Å². The lowest BCUT2D eigenvalue weighted by Gasteiger charge is -2.10. The Balaban J connectivity index is 1.41. The molecule has 0 aliphatic carbocycles. The molecule has 0 bridgehead atoms. The van der Waals surface area contributed by atoms with Crippen LogP contribution in [0.25, 0.3) is 31.7 Å². The molecule has 11 heteroatoms. The molecular weight excluding hydrogens is 471 g/mol. The maximum atomic E-state index is 13.2. The van der Waals surface area contributed by atoms with E-state index >= 15 is 0 Å². The van der Waals surface area contributed by atoms with Gasteiger partial charge in [-0.2, -0.15) is 8.75 Å². The minimum atomic E-state index is -0.187. The summed E-state index contributed by atoms with van der Waals surface area (Å²) in [6.45, 7) is 2.39. The normalized spacial score (nSPS) is 11.4. The van der Waals surface area contributed by atoms with Gasteiger partial charge in [-0.3, -0.25) is 14.2 Å². The highest BCUT2D eigenvalue weighted by Crippen LogP contribution is 2.34. The Morgan fingerprint density at radius 2 is 2.10 bits per heavy atom. The smallest absolute Gasteiger partial charge is 0.263 e. The van der Waals surface area contributed by atoms with Crippen LogP contribution < -0.4 is 10.9 Å². The van der Waals surface area contributed by atoms with E-state index in [1.54, 1.807) is 22.0 Å². The van der Waals surface area contributed by atoms with E-state index in [0.717, 1.165) is 27.7 Å². The number of thiophene rings is 2. The van der Waals surface area contributed by atoms with E-state index < -0.39 is 0 Å². The zero-order valence-electron chi connectivity index (χ0n) is 16.2. The molecule has 5 rings (SSSR count). The van der Waals surface area contributed by atoms with E-state index in [1.165, 1.54) is 23.1 Å². The van der Waals surface area contributed by atoms with Crippen molar-refractivity contribution in [2.24, 2.45) is 0 Å². The SMILES string of the molecule is CCn1c(SCC(=O)Nc2cccc3nsnc23)nc2scc(-c3cccs3)c2c1=O. The fraction of sp³-hybridized carbons (Fsp3) is 0.150. The number of amides is 1. The Kier molecular flexibility index (Phi) is 5.57. The highest BCUT2D eigenvalue weighted by atomic mass is 32.2. The van der Waals surface area contributed by atoms with E-state index in [2.05, 4.69) is 14.1 Å². The van der Waals surface area contributed by atoms with Crippen LogP contribution in [0.2, 0.25) is 0 Å². The third-order valence-electron chi connectivity index (χ3n) is 4.65. The second-order valence-corrected chi connectivity index (χ2v) is 9.80. The number of rotatable bonds is 6. The third kappa shape index (κ3) is 3.78. The molecule has 0 saturated carbocycles. The van der Waals surface area contributed by atoms with E-state index in [1.807, 2.05) is 41.9 Å². The monoisotopic (exact) mass is 485 g/mol. The lowest BCUT2D eigenvalue weighted by atomic mass is 10.2. The number of anilines is 1. The number of carbonyl (C=O) groups is 1. The van der Waals surface area contributed by atoms with Gasteiger partial charge in [-0.15, -0.1) is 22.7 Å². The van der Waals surface area contributed by atoms with Gasteiger partial charge in [0.05, 0.1) is 28.6 Å². The fourth-order valence-electron chi connectivity index (χ4n) is 3.23. The van der Waals surface area contributed by atoms with Crippen molar-refractivity contribution in [2.75, 3.05) is 11.1 Å². The number of fused-ring (bicyclic) bond motifs is 2. The summed E-state index contributed by atoms with van der Waals surface area (Å²) in [4.78, 5) is 32.2. The topological polar surface area (TPSA) is 89.8 Å². The van der Waals surface area contributed by atoms with Crippen LogP contribution in [0, 0.1) is 0 Å². The minimum Gasteiger partial charge on any atom is -0.323 e. The molecule has 0 aliphatic rings. The molecule has 0 spiro atoms. The van der Waals surface area contributed by atoms with Gasteiger partial charge in [0.2, 0.25) is 5.91 Å². The van der Waals surface area contributed by atoms with Gasteiger partial charge in [0.1, 0.15) is 15.9 Å². The molecule has 156 valence electrons. The van der Waals surface area contributed by atoms with Gasteiger partial charge in [0, 0.05) is 22.4 Å². The first-order valence-electron chi connectivity index (χ1n) is 9.35. The van der Waals surface area contributed by atoms with Crippen molar-refractivity contribution in [1.29, 1.82) is 0 Å². The number of thioether (sulfide) groups is 1. The summed E-state index contributed by atoms with van der Waals surface area (Å²) in [6.07, 6.45) is 0. The average Bonchev–Trinajstić information content (AvgIpc) is 3.52. The molecule has 1 aromatic carbocycles. The molecule has 4 heterocycles. The van der Waals surface area contributed by atoms with Gasteiger partial charge < -0.3 is 5.32 Å². The lowest BCUT2D eigenvalue weighted by Crippen LogP contribution is -2.23. The fourth-order valence-corrected chi connectivity index (χ4v) is 6.45. The lowest BCUT2D eigenvalue weighted by molar-refractivity contribution is -0.113. The number of nitrogens with one attached hydrogen (secondary N) is 1. The summed E-state index contributed by atoms with van der Waals surface area (Å²) in [5.41, 5.74) is 2.91. The van der Waals surface area contributed by atoms with Gasteiger partial charge >= 0.3 is 0 Å². The van der Waals surface area contributed by atoms with Crippen LogP contribution in [0.15, 0.2) is 51.0 Å². The van der Waals surface area contributed by atoms with Gasteiger partial charge in [-0.1, -0.05) is 23.9 Å². The Morgan fingerprint density at radius 1 is 1.19 bits per heavy atom. The molecule has 5 aromatic rings. The maximum Gasteiger partial charge on any atom is 0.263 e. The van der Waals surface area contributed by atoms with Gasteiger partial charge in [-0.25, -0.2) is 4.98 Å². The molecule has 0 atom stereocenters. The van der Waals surface area contributed by atoms with Crippen molar-refractivity contribution in [3.63, 3.8) is 0 Å². The van der Waals surface area contributed by atoms with Crippen LogP contribution in [0.3, 0.4) is 0 Å². The highest BCUT2D eigenvalue weighted by Gasteiger charge is 2.18. The summed E-state index contributed by atoms with van der Waals surface area (Å²) < 4.78 is 10.1. The van der Waals surface area contributed by atoms with Crippen molar-refractivity contribution in [1.82, 2.24) is 18.3 Å².